The summed E-state index contributed by atoms with van der Waals surface area (Å²) in [5.74, 6) is 0. The third-order valence-corrected chi connectivity index (χ3v) is 2.04. The molecule has 1 atom stereocenters. The molecule has 0 aliphatic rings. The summed E-state index contributed by atoms with van der Waals surface area (Å²) >= 11 is 3.37. The average molecular weight is 247 g/mol. The van der Waals surface area contributed by atoms with E-state index in [1.165, 1.54) is 0 Å². The monoisotopic (exact) mass is 245 g/mol. The molecule has 8 heavy (non-hydrogen) atoms. The molecule has 0 saturated carbocycles. The smallest absolute Gasteiger partial charge is 0.0185 e. The van der Waals surface area contributed by atoms with Crippen LogP contribution >= 0.6 is 32.9 Å². The van der Waals surface area contributed by atoms with Crippen molar-refractivity contribution in [3.63, 3.8) is 0 Å². The summed E-state index contributed by atoms with van der Waals surface area (Å²) in [5.41, 5.74) is 0. The van der Waals surface area contributed by atoms with Gasteiger partial charge in [0.15, 0.2) is 0 Å². The highest BCUT2D eigenvalue weighted by molar-refractivity contribution is 9.09. The van der Waals surface area contributed by atoms with E-state index in [-0.39, 0.29) is 17.0 Å². The summed E-state index contributed by atoms with van der Waals surface area (Å²) in [6.45, 7) is 2.18. The summed E-state index contributed by atoms with van der Waals surface area (Å²) in [7, 11) is 4.15. The molecule has 0 saturated heterocycles. The molecule has 1 nitrogen and oxygen atoms in total. The van der Waals surface area contributed by atoms with E-state index < -0.39 is 0 Å². The minimum absolute atomic E-state index is 0. The second-order valence-electron chi connectivity index (χ2n) is 1.97. The van der Waals surface area contributed by atoms with Gasteiger partial charge in [-0.2, -0.15) is 0 Å². The highest BCUT2D eigenvalue weighted by Crippen LogP contribution is 1.94. The summed E-state index contributed by atoms with van der Waals surface area (Å²) in [6.07, 6.45) is 0. The molecule has 0 amide bonds. The van der Waals surface area contributed by atoms with Crippen molar-refractivity contribution in [3.05, 3.63) is 0 Å². The van der Waals surface area contributed by atoms with E-state index in [2.05, 4.69) is 41.8 Å². The lowest BCUT2D eigenvalue weighted by molar-refractivity contribution is 0.341. The van der Waals surface area contributed by atoms with Gasteiger partial charge in [0.05, 0.1) is 0 Å². The van der Waals surface area contributed by atoms with Crippen LogP contribution in [0.25, 0.3) is 0 Å². The number of nitrogens with zero attached hydrogens (tertiary/aromatic N) is 1. The Morgan fingerprint density at radius 2 is 1.88 bits per heavy atom. The van der Waals surface area contributed by atoms with Crippen molar-refractivity contribution in [1.82, 2.24) is 4.90 Å². The molecule has 0 rings (SSSR count). The van der Waals surface area contributed by atoms with Crippen LogP contribution in [-0.4, -0.2) is 30.4 Å². The van der Waals surface area contributed by atoms with Gasteiger partial charge in [0.1, 0.15) is 0 Å². The first-order valence-corrected chi connectivity index (χ1v) is 3.53. The molecule has 0 N–H and O–H groups in total. The quantitative estimate of drug-likeness (QED) is 0.673. The minimum atomic E-state index is 0. The van der Waals surface area contributed by atoms with Gasteiger partial charge in [-0.05, 0) is 21.0 Å². The molecular formula is C5H13Br2N. The van der Waals surface area contributed by atoms with E-state index in [1.807, 2.05) is 0 Å². The van der Waals surface area contributed by atoms with E-state index in [4.69, 9.17) is 0 Å². The Bertz CT molecular complexity index is 47.7. The lowest BCUT2D eigenvalue weighted by Crippen LogP contribution is -2.25. The molecule has 3 heteroatoms. The van der Waals surface area contributed by atoms with Gasteiger partial charge in [0, 0.05) is 11.4 Å². The van der Waals surface area contributed by atoms with Gasteiger partial charge in [-0.15, -0.1) is 17.0 Å². The van der Waals surface area contributed by atoms with Gasteiger partial charge in [-0.3, -0.25) is 0 Å². The van der Waals surface area contributed by atoms with E-state index in [1.54, 1.807) is 0 Å². The van der Waals surface area contributed by atoms with Gasteiger partial charge in [0.25, 0.3) is 0 Å². The molecule has 0 radical (unpaired) electrons. The standard InChI is InChI=1S/C5H12BrN.BrH/c1-5(4-6)7(2)3;/h5H,4H2,1-3H3;1H. The SMILES string of the molecule is Br.CC(CBr)N(C)C. The summed E-state index contributed by atoms with van der Waals surface area (Å²) in [6, 6.07) is 0.653. The predicted octanol–water partition coefficient (Wildman–Crippen LogP) is 1.91. The third-order valence-electron chi connectivity index (χ3n) is 1.10. The van der Waals surface area contributed by atoms with Crippen LogP contribution in [0.15, 0.2) is 0 Å². The zero-order chi connectivity index (χ0) is 5.86. The third kappa shape index (κ3) is 5.06. The molecule has 0 aromatic heterocycles. The Hall–Kier alpha value is 0.920. The first kappa shape index (κ1) is 11.7. The maximum absolute atomic E-state index is 3.37. The maximum Gasteiger partial charge on any atom is 0.0185 e. The normalized spacial score (nSPS) is 13.1. The van der Waals surface area contributed by atoms with Crippen molar-refractivity contribution < 1.29 is 0 Å². The summed E-state index contributed by atoms with van der Waals surface area (Å²) in [4.78, 5) is 2.18. The Balaban J connectivity index is 0. The van der Waals surface area contributed by atoms with Crippen molar-refractivity contribution in [2.24, 2.45) is 0 Å². The number of hydrogen-bond donors (Lipinski definition) is 0. The fraction of sp³-hybridized carbons (Fsp3) is 1.00. The number of rotatable bonds is 2. The van der Waals surface area contributed by atoms with Gasteiger partial charge in [0.2, 0.25) is 0 Å². The molecular weight excluding hydrogens is 234 g/mol. The van der Waals surface area contributed by atoms with Crippen molar-refractivity contribution >= 4 is 32.9 Å². The van der Waals surface area contributed by atoms with Crippen LogP contribution in [0.3, 0.4) is 0 Å². The largest absolute Gasteiger partial charge is 0.306 e. The van der Waals surface area contributed by atoms with Crippen molar-refractivity contribution in [2.45, 2.75) is 13.0 Å². The van der Waals surface area contributed by atoms with E-state index >= 15 is 0 Å². The first-order chi connectivity index (χ1) is 3.18. The minimum Gasteiger partial charge on any atom is -0.306 e. The molecule has 52 valence electrons. The maximum atomic E-state index is 3.37. The van der Waals surface area contributed by atoms with Crippen LogP contribution in [0.4, 0.5) is 0 Å². The molecule has 0 bridgehead atoms. The van der Waals surface area contributed by atoms with Crippen LogP contribution in [-0.2, 0) is 0 Å². The van der Waals surface area contributed by atoms with Crippen LogP contribution in [0.5, 0.6) is 0 Å². The van der Waals surface area contributed by atoms with Crippen molar-refractivity contribution in [2.75, 3.05) is 19.4 Å². The van der Waals surface area contributed by atoms with Crippen LogP contribution in [0.2, 0.25) is 0 Å². The molecule has 0 heterocycles. The van der Waals surface area contributed by atoms with Crippen LogP contribution in [0, 0.1) is 0 Å². The topological polar surface area (TPSA) is 3.24 Å². The number of alkyl halides is 1. The van der Waals surface area contributed by atoms with E-state index in [0.717, 1.165) is 5.33 Å². The van der Waals surface area contributed by atoms with Crippen LogP contribution in [0.1, 0.15) is 6.92 Å². The van der Waals surface area contributed by atoms with Gasteiger partial charge >= 0.3 is 0 Å². The number of hydrogen-bond acceptors (Lipinski definition) is 1. The highest BCUT2D eigenvalue weighted by Gasteiger charge is 1.98. The van der Waals surface area contributed by atoms with E-state index in [0.29, 0.717) is 6.04 Å². The lowest BCUT2D eigenvalue weighted by Gasteiger charge is -2.15. The summed E-state index contributed by atoms with van der Waals surface area (Å²) < 4.78 is 0. The van der Waals surface area contributed by atoms with Crippen molar-refractivity contribution in [1.29, 1.82) is 0 Å². The second-order valence-corrected chi connectivity index (χ2v) is 2.61. The molecule has 0 spiro atoms. The van der Waals surface area contributed by atoms with Gasteiger partial charge < -0.3 is 4.90 Å². The van der Waals surface area contributed by atoms with E-state index in [9.17, 15) is 0 Å². The number of halogens is 2. The van der Waals surface area contributed by atoms with Crippen molar-refractivity contribution in [3.8, 4) is 0 Å². The Labute approximate surface area is 70.3 Å². The Morgan fingerprint density at radius 3 is 1.88 bits per heavy atom. The highest BCUT2D eigenvalue weighted by atomic mass is 79.9. The first-order valence-electron chi connectivity index (χ1n) is 2.41. The predicted molar refractivity (Wildman–Crippen MR) is 47.3 cm³/mol. The average Bonchev–Trinajstić information content (AvgIpc) is 1.65. The molecule has 0 aliphatic carbocycles. The van der Waals surface area contributed by atoms with Crippen LogP contribution < -0.4 is 0 Å². The summed E-state index contributed by atoms with van der Waals surface area (Å²) in [5, 5.41) is 1.06. The lowest BCUT2D eigenvalue weighted by atomic mass is 10.4. The fourth-order valence-corrected chi connectivity index (χ4v) is 0.717. The Kier molecular flexibility index (Phi) is 8.83. The molecule has 0 aliphatic heterocycles. The molecule has 1 unspecified atom stereocenters. The zero-order valence-electron chi connectivity index (χ0n) is 5.52. The molecule has 0 aromatic rings. The Morgan fingerprint density at radius 1 is 1.50 bits per heavy atom. The van der Waals surface area contributed by atoms with Gasteiger partial charge in [-0.1, -0.05) is 15.9 Å². The fourth-order valence-electron chi connectivity index (χ4n) is 0.138. The van der Waals surface area contributed by atoms with Gasteiger partial charge in [-0.25, -0.2) is 0 Å². The zero-order valence-corrected chi connectivity index (χ0v) is 8.82. The second kappa shape index (κ2) is 6.05. The molecule has 0 fully saturated rings. The molecule has 0 aromatic carbocycles.